The Bertz CT molecular complexity index is 505. The molecule has 0 spiro atoms. The van der Waals surface area contributed by atoms with Gasteiger partial charge < -0.3 is 0 Å². The summed E-state index contributed by atoms with van der Waals surface area (Å²) >= 11 is 9.61. The summed E-state index contributed by atoms with van der Waals surface area (Å²) in [5.41, 5.74) is 3.99. The summed E-state index contributed by atoms with van der Waals surface area (Å²) in [7, 11) is 0. The third-order valence-electron chi connectivity index (χ3n) is 2.95. The van der Waals surface area contributed by atoms with E-state index in [-0.39, 0.29) is 0 Å². The van der Waals surface area contributed by atoms with Gasteiger partial charge in [-0.15, -0.1) is 22.9 Å². The second-order valence-corrected chi connectivity index (χ2v) is 6.40. The Balaban J connectivity index is 2.09. The fourth-order valence-corrected chi connectivity index (χ4v) is 4.07. The summed E-state index contributed by atoms with van der Waals surface area (Å²) in [4.78, 5) is 1.28. The SMILES string of the molecule is ClCCn1nc(-c2cccs2)c2c1CCSC2. The van der Waals surface area contributed by atoms with Crippen LogP contribution in [-0.2, 0) is 18.7 Å². The second kappa shape index (κ2) is 5.04. The number of hydrogen-bond acceptors (Lipinski definition) is 3. The van der Waals surface area contributed by atoms with Gasteiger partial charge in [-0.3, -0.25) is 4.68 Å². The van der Waals surface area contributed by atoms with Gasteiger partial charge in [0.25, 0.3) is 0 Å². The lowest BCUT2D eigenvalue weighted by atomic mass is 10.1. The molecule has 0 aliphatic carbocycles. The minimum Gasteiger partial charge on any atom is -0.267 e. The number of aryl methyl sites for hydroxylation is 1. The molecule has 3 rings (SSSR count). The predicted octanol–water partition coefficient (Wildman–Crippen LogP) is 3.64. The van der Waals surface area contributed by atoms with Gasteiger partial charge >= 0.3 is 0 Å². The average molecular weight is 285 g/mol. The number of thioether (sulfide) groups is 1. The van der Waals surface area contributed by atoms with E-state index in [4.69, 9.17) is 16.7 Å². The normalized spacial score (nSPS) is 14.9. The summed E-state index contributed by atoms with van der Waals surface area (Å²) in [6, 6.07) is 4.24. The molecule has 0 saturated heterocycles. The van der Waals surface area contributed by atoms with Gasteiger partial charge in [-0.1, -0.05) is 6.07 Å². The van der Waals surface area contributed by atoms with Crippen molar-refractivity contribution in [3.05, 3.63) is 28.8 Å². The van der Waals surface area contributed by atoms with E-state index in [1.165, 1.54) is 27.6 Å². The first-order valence-electron chi connectivity index (χ1n) is 5.66. The van der Waals surface area contributed by atoms with Crippen molar-refractivity contribution in [2.75, 3.05) is 11.6 Å². The zero-order valence-corrected chi connectivity index (χ0v) is 11.7. The molecule has 0 fully saturated rings. The summed E-state index contributed by atoms with van der Waals surface area (Å²) in [6.07, 6.45) is 1.12. The highest BCUT2D eigenvalue weighted by Crippen LogP contribution is 2.35. The first kappa shape index (κ1) is 11.6. The lowest BCUT2D eigenvalue weighted by molar-refractivity contribution is 0.630. The molecule has 0 unspecified atom stereocenters. The molecule has 90 valence electrons. The van der Waals surface area contributed by atoms with Gasteiger partial charge in [0.2, 0.25) is 0 Å². The van der Waals surface area contributed by atoms with Crippen molar-refractivity contribution in [3.63, 3.8) is 0 Å². The lowest BCUT2D eigenvalue weighted by Gasteiger charge is -2.13. The highest BCUT2D eigenvalue weighted by atomic mass is 35.5. The molecule has 5 heteroatoms. The first-order chi connectivity index (χ1) is 8.40. The largest absolute Gasteiger partial charge is 0.267 e. The van der Waals surface area contributed by atoms with Crippen LogP contribution in [0.3, 0.4) is 0 Å². The van der Waals surface area contributed by atoms with Crippen LogP contribution in [0.15, 0.2) is 17.5 Å². The molecule has 17 heavy (non-hydrogen) atoms. The van der Waals surface area contributed by atoms with Crippen LogP contribution in [0.2, 0.25) is 0 Å². The molecule has 2 aromatic rings. The second-order valence-electron chi connectivity index (χ2n) is 3.97. The molecule has 2 aromatic heterocycles. The highest BCUT2D eigenvalue weighted by molar-refractivity contribution is 7.98. The standard InChI is InChI=1S/C12H13ClN2S2/c13-4-5-15-10-3-7-16-8-9(10)12(14-15)11-2-1-6-17-11/h1-2,6H,3-5,7-8H2. The van der Waals surface area contributed by atoms with Gasteiger partial charge in [0.15, 0.2) is 0 Å². The van der Waals surface area contributed by atoms with Crippen LogP contribution in [0, 0.1) is 0 Å². The molecule has 0 atom stereocenters. The van der Waals surface area contributed by atoms with Crippen LogP contribution in [-0.4, -0.2) is 21.4 Å². The number of fused-ring (bicyclic) bond motifs is 1. The molecular weight excluding hydrogens is 272 g/mol. The number of alkyl halides is 1. The monoisotopic (exact) mass is 284 g/mol. The van der Waals surface area contributed by atoms with E-state index in [0.717, 1.165) is 18.7 Å². The number of thiophene rings is 1. The summed E-state index contributed by atoms with van der Waals surface area (Å²) < 4.78 is 2.11. The Kier molecular flexibility index (Phi) is 3.45. The molecule has 1 aliphatic rings. The van der Waals surface area contributed by atoms with Crippen LogP contribution in [0.25, 0.3) is 10.6 Å². The van der Waals surface area contributed by atoms with Crippen LogP contribution in [0.5, 0.6) is 0 Å². The third-order valence-corrected chi connectivity index (χ3v) is 4.98. The van der Waals surface area contributed by atoms with Crippen LogP contribution in [0.4, 0.5) is 0 Å². The zero-order valence-electron chi connectivity index (χ0n) is 9.36. The highest BCUT2D eigenvalue weighted by Gasteiger charge is 2.21. The van der Waals surface area contributed by atoms with Gasteiger partial charge in [-0.05, 0) is 23.6 Å². The molecule has 0 N–H and O–H groups in total. The lowest BCUT2D eigenvalue weighted by Crippen LogP contribution is -2.10. The third kappa shape index (κ3) is 2.14. The molecule has 0 bridgehead atoms. The zero-order chi connectivity index (χ0) is 11.7. The van der Waals surface area contributed by atoms with Gasteiger partial charge in [0.05, 0.1) is 11.4 Å². The van der Waals surface area contributed by atoms with Crippen molar-refractivity contribution in [1.29, 1.82) is 0 Å². The van der Waals surface area contributed by atoms with Crippen LogP contribution in [0.1, 0.15) is 11.3 Å². The molecule has 2 nitrogen and oxygen atoms in total. The Morgan fingerprint density at radius 3 is 3.18 bits per heavy atom. The van der Waals surface area contributed by atoms with Gasteiger partial charge in [-0.2, -0.15) is 16.9 Å². The fraction of sp³-hybridized carbons (Fsp3) is 0.417. The quantitative estimate of drug-likeness (QED) is 0.801. The maximum absolute atomic E-state index is 5.85. The number of nitrogens with zero attached hydrogens (tertiary/aromatic N) is 2. The topological polar surface area (TPSA) is 17.8 Å². The minimum atomic E-state index is 0.630. The predicted molar refractivity (Wildman–Crippen MR) is 76.1 cm³/mol. The first-order valence-corrected chi connectivity index (χ1v) is 8.23. The van der Waals surface area contributed by atoms with E-state index in [9.17, 15) is 0 Å². The smallest absolute Gasteiger partial charge is 0.107 e. The van der Waals surface area contributed by atoms with Crippen LogP contribution < -0.4 is 0 Å². The van der Waals surface area contributed by atoms with E-state index in [1.54, 1.807) is 11.3 Å². The number of halogens is 1. The van der Waals surface area contributed by atoms with E-state index in [2.05, 4.69) is 22.2 Å². The molecular formula is C12H13ClN2S2. The van der Waals surface area contributed by atoms with E-state index >= 15 is 0 Å². The Morgan fingerprint density at radius 1 is 1.47 bits per heavy atom. The maximum atomic E-state index is 5.85. The minimum absolute atomic E-state index is 0.630. The number of hydrogen-bond donors (Lipinski definition) is 0. The summed E-state index contributed by atoms with van der Waals surface area (Å²) in [6.45, 7) is 0.819. The van der Waals surface area contributed by atoms with E-state index in [1.807, 2.05) is 11.8 Å². The number of aromatic nitrogens is 2. The summed E-state index contributed by atoms with van der Waals surface area (Å²) in [5.74, 6) is 2.92. The molecule has 1 aliphatic heterocycles. The molecule has 3 heterocycles. The maximum Gasteiger partial charge on any atom is 0.107 e. The van der Waals surface area contributed by atoms with Crippen molar-refractivity contribution in [3.8, 4) is 10.6 Å². The Labute approximate surface area is 114 Å². The van der Waals surface area contributed by atoms with Crippen molar-refractivity contribution < 1.29 is 0 Å². The van der Waals surface area contributed by atoms with Crippen molar-refractivity contribution in [2.24, 2.45) is 0 Å². The van der Waals surface area contributed by atoms with Crippen molar-refractivity contribution >= 4 is 34.7 Å². The molecule has 0 radical (unpaired) electrons. The average Bonchev–Trinajstić information content (AvgIpc) is 2.97. The van der Waals surface area contributed by atoms with Crippen LogP contribution >= 0.6 is 34.7 Å². The Morgan fingerprint density at radius 2 is 2.41 bits per heavy atom. The number of rotatable bonds is 3. The fourth-order valence-electron chi connectivity index (χ4n) is 2.18. The molecule has 0 saturated carbocycles. The van der Waals surface area contributed by atoms with Gasteiger partial charge in [-0.25, -0.2) is 0 Å². The Hall–Kier alpha value is -0.450. The summed E-state index contributed by atoms with van der Waals surface area (Å²) in [5, 5.41) is 6.86. The van der Waals surface area contributed by atoms with Gasteiger partial charge in [0.1, 0.15) is 5.69 Å². The van der Waals surface area contributed by atoms with E-state index in [0.29, 0.717) is 5.88 Å². The molecule has 0 amide bonds. The van der Waals surface area contributed by atoms with Crippen molar-refractivity contribution in [2.45, 2.75) is 18.7 Å². The molecule has 0 aromatic carbocycles. The van der Waals surface area contributed by atoms with E-state index < -0.39 is 0 Å². The van der Waals surface area contributed by atoms with Gasteiger partial charge in [0, 0.05) is 22.9 Å². The van der Waals surface area contributed by atoms with Crippen molar-refractivity contribution in [1.82, 2.24) is 9.78 Å².